The van der Waals surface area contributed by atoms with E-state index in [1.807, 2.05) is 12.1 Å². The maximum absolute atomic E-state index is 9.35. The van der Waals surface area contributed by atoms with E-state index in [-0.39, 0.29) is 5.75 Å². The normalized spacial score (nSPS) is 25.0. The molecule has 1 aromatic carbocycles. The summed E-state index contributed by atoms with van der Waals surface area (Å²) in [7, 11) is 0. The van der Waals surface area contributed by atoms with Crippen LogP contribution in [-0.4, -0.2) is 46.0 Å². The first kappa shape index (κ1) is 12.6. The number of anilines is 1. The van der Waals surface area contributed by atoms with Gasteiger partial charge in [0.25, 0.3) is 0 Å². The van der Waals surface area contributed by atoms with Gasteiger partial charge in [0.2, 0.25) is 5.95 Å². The Bertz CT molecular complexity index is 623. The number of hydrogen-bond acceptors (Lipinski definition) is 5. The number of nitrogens with one attached hydrogen (secondary N) is 2. The predicted molar refractivity (Wildman–Crippen MR) is 80.2 cm³/mol. The second-order valence-electron chi connectivity index (χ2n) is 5.85. The Balaban J connectivity index is 1.60. The highest BCUT2D eigenvalue weighted by molar-refractivity contribution is 5.57. The van der Waals surface area contributed by atoms with Crippen LogP contribution in [0.25, 0.3) is 11.4 Å². The molecule has 3 heterocycles. The van der Waals surface area contributed by atoms with E-state index in [1.54, 1.807) is 12.1 Å². The number of phenols is 1. The Morgan fingerprint density at radius 1 is 1.19 bits per heavy atom. The van der Waals surface area contributed by atoms with Gasteiger partial charge in [-0.2, -0.15) is 4.98 Å². The van der Waals surface area contributed by atoms with E-state index in [1.165, 1.54) is 12.8 Å². The Kier molecular flexibility index (Phi) is 3.03. The topological polar surface area (TPSA) is 77.1 Å². The molecule has 0 bridgehead atoms. The van der Waals surface area contributed by atoms with Crippen LogP contribution in [0.15, 0.2) is 24.3 Å². The van der Waals surface area contributed by atoms with Gasteiger partial charge in [0.05, 0.1) is 0 Å². The van der Waals surface area contributed by atoms with E-state index in [2.05, 4.69) is 25.4 Å². The molecule has 0 aliphatic carbocycles. The number of hydrogen-bond donors (Lipinski definition) is 3. The third-order valence-electron chi connectivity index (χ3n) is 4.55. The van der Waals surface area contributed by atoms with Crippen molar-refractivity contribution in [3.63, 3.8) is 0 Å². The first-order chi connectivity index (χ1) is 10.3. The standard InChI is InChI=1S/C15H19N5O/c21-12-5-3-10(4-6-12)14-17-15(19-18-14)20-7-1-2-11-8-16-9-13(11)20/h3-6,11,13,16,21H,1-2,7-9H2,(H,17,18,19). The molecule has 2 unspecified atom stereocenters. The van der Waals surface area contributed by atoms with Gasteiger partial charge in [0, 0.05) is 31.2 Å². The average Bonchev–Trinajstić information content (AvgIpc) is 3.16. The van der Waals surface area contributed by atoms with Crippen molar-refractivity contribution >= 4 is 5.95 Å². The molecular weight excluding hydrogens is 266 g/mol. The molecule has 0 spiro atoms. The van der Waals surface area contributed by atoms with Crippen LogP contribution in [0.2, 0.25) is 0 Å². The summed E-state index contributed by atoms with van der Waals surface area (Å²) < 4.78 is 0. The van der Waals surface area contributed by atoms with Crippen LogP contribution >= 0.6 is 0 Å². The summed E-state index contributed by atoms with van der Waals surface area (Å²) >= 11 is 0. The Labute approximate surface area is 123 Å². The molecule has 1 aromatic heterocycles. The van der Waals surface area contributed by atoms with E-state index in [0.717, 1.165) is 42.9 Å². The third-order valence-corrected chi connectivity index (χ3v) is 4.55. The number of fused-ring (bicyclic) bond motifs is 1. The highest BCUT2D eigenvalue weighted by Crippen LogP contribution is 2.30. The van der Waals surface area contributed by atoms with Crippen molar-refractivity contribution in [3.05, 3.63) is 24.3 Å². The number of H-pyrrole nitrogens is 1. The molecule has 2 fully saturated rings. The number of rotatable bonds is 2. The molecule has 6 heteroatoms. The first-order valence-electron chi connectivity index (χ1n) is 7.50. The average molecular weight is 285 g/mol. The van der Waals surface area contributed by atoms with Crippen molar-refractivity contribution in [1.29, 1.82) is 0 Å². The number of nitrogens with zero attached hydrogens (tertiary/aromatic N) is 3. The third kappa shape index (κ3) is 2.25. The first-order valence-corrected chi connectivity index (χ1v) is 7.50. The Morgan fingerprint density at radius 2 is 2.05 bits per heavy atom. The van der Waals surface area contributed by atoms with E-state index >= 15 is 0 Å². The second kappa shape index (κ2) is 5.04. The lowest BCUT2D eigenvalue weighted by Gasteiger charge is -2.36. The second-order valence-corrected chi connectivity index (χ2v) is 5.85. The number of aromatic amines is 1. The summed E-state index contributed by atoms with van der Waals surface area (Å²) in [6, 6.07) is 7.53. The van der Waals surface area contributed by atoms with E-state index in [9.17, 15) is 5.11 Å². The summed E-state index contributed by atoms with van der Waals surface area (Å²) in [5, 5.41) is 20.2. The van der Waals surface area contributed by atoms with Crippen LogP contribution in [0.3, 0.4) is 0 Å². The molecule has 4 rings (SSSR count). The van der Waals surface area contributed by atoms with E-state index in [0.29, 0.717) is 6.04 Å². The molecule has 21 heavy (non-hydrogen) atoms. The summed E-state index contributed by atoms with van der Waals surface area (Å²) in [5.74, 6) is 2.51. The van der Waals surface area contributed by atoms with Gasteiger partial charge in [0.1, 0.15) is 5.75 Å². The molecule has 3 N–H and O–H groups in total. The van der Waals surface area contributed by atoms with Crippen molar-refractivity contribution in [2.75, 3.05) is 24.5 Å². The fourth-order valence-corrected chi connectivity index (χ4v) is 3.45. The molecule has 0 amide bonds. The van der Waals surface area contributed by atoms with Crippen LogP contribution in [0.1, 0.15) is 12.8 Å². The Morgan fingerprint density at radius 3 is 2.90 bits per heavy atom. The minimum atomic E-state index is 0.259. The van der Waals surface area contributed by atoms with Gasteiger partial charge in [-0.1, -0.05) is 0 Å². The molecule has 6 nitrogen and oxygen atoms in total. The van der Waals surface area contributed by atoms with Gasteiger partial charge in [-0.3, -0.25) is 5.10 Å². The molecular formula is C15H19N5O. The zero-order chi connectivity index (χ0) is 14.2. The molecule has 2 aliphatic heterocycles. The molecule has 2 saturated heterocycles. The summed E-state index contributed by atoms with van der Waals surface area (Å²) in [5.41, 5.74) is 0.935. The highest BCUT2D eigenvalue weighted by atomic mass is 16.3. The minimum Gasteiger partial charge on any atom is -0.508 e. The molecule has 0 radical (unpaired) electrons. The molecule has 0 saturated carbocycles. The van der Waals surface area contributed by atoms with E-state index < -0.39 is 0 Å². The van der Waals surface area contributed by atoms with Crippen LogP contribution in [-0.2, 0) is 0 Å². The van der Waals surface area contributed by atoms with Crippen LogP contribution < -0.4 is 10.2 Å². The van der Waals surface area contributed by atoms with Crippen LogP contribution in [0.4, 0.5) is 5.95 Å². The van der Waals surface area contributed by atoms with Gasteiger partial charge < -0.3 is 15.3 Å². The van der Waals surface area contributed by atoms with Gasteiger partial charge >= 0.3 is 0 Å². The zero-order valence-electron chi connectivity index (χ0n) is 11.8. The number of aromatic nitrogens is 3. The number of aromatic hydroxyl groups is 1. The van der Waals surface area contributed by atoms with Gasteiger partial charge in [-0.15, -0.1) is 5.10 Å². The predicted octanol–water partition coefficient (Wildman–Crippen LogP) is 1.37. The molecule has 2 aliphatic rings. The van der Waals surface area contributed by atoms with Gasteiger partial charge in [0.15, 0.2) is 5.82 Å². The molecule has 2 atom stereocenters. The zero-order valence-corrected chi connectivity index (χ0v) is 11.8. The van der Waals surface area contributed by atoms with Crippen molar-refractivity contribution in [1.82, 2.24) is 20.5 Å². The van der Waals surface area contributed by atoms with Crippen molar-refractivity contribution in [2.45, 2.75) is 18.9 Å². The maximum Gasteiger partial charge on any atom is 0.245 e. The fourth-order valence-electron chi connectivity index (χ4n) is 3.45. The van der Waals surface area contributed by atoms with Crippen LogP contribution in [0, 0.1) is 5.92 Å². The quantitative estimate of drug-likeness (QED) is 0.777. The summed E-state index contributed by atoms with van der Waals surface area (Å²) in [4.78, 5) is 6.97. The SMILES string of the molecule is Oc1ccc(-c2nc(N3CCCC4CNCC43)n[nH]2)cc1. The Hall–Kier alpha value is -2.08. The number of phenolic OH excluding ortho intramolecular Hbond substituents is 1. The molecule has 2 aromatic rings. The monoisotopic (exact) mass is 285 g/mol. The largest absolute Gasteiger partial charge is 0.508 e. The summed E-state index contributed by atoms with van der Waals surface area (Å²) in [6.45, 7) is 3.15. The lowest BCUT2D eigenvalue weighted by atomic mass is 9.92. The van der Waals surface area contributed by atoms with E-state index in [4.69, 9.17) is 0 Å². The highest BCUT2D eigenvalue weighted by Gasteiger charge is 2.36. The lowest BCUT2D eigenvalue weighted by molar-refractivity contribution is 0.381. The van der Waals surface area contributed by atoms with Crippen LogP contribution in [0.5, 0.6) is 5.75 Å². The summed E-state index contributed by atoms with van der Waals surface area (Å²) in [6.07, 6.45) is 2.50. The molecule has 110 valence electrons. The van der Waals surface area contributed by atoms with Crippen molar-refractivity contribution in [2.24, 2.45) is 5.92 Å². The number of piperidine rings is 1. The smallest absolute Gasteiger partial charge is 0.245 e. The van der Waals surface area contributed by atoms with Gasteiger partial charge in [-0.25, -0.2) is 0 Å². The number of benzene rings is 1. The fraction of sp³-hybridized carbons (Fsp3) is 0.467. The van der Waals surface area contributed by atoms with Crippen molar-refractivity contribution < 1.29 is 5.11 Å². The maximum atomic E-state index is 9.35. The van der Waals surface area contributed by atoms with Crippen molar-refractivity contribution in [3.8, 4) is 17.1 Å². The minimum absolute atomic E-state index is 0.259. The van der Waals surface area contributed by atoms with Gasteiger partial charge in [-0.05, 0) is 43.0 Å². The lowest BCUT2D eigenvalue weighted by Crippen LogP contribution is -2.45.